The summed E-state index contributed by atoms with van der Waals surface area (Å²) in [5.74, 6) is 0.125. The van der Waals surface area contributed by atoms with Gasteiger partial charge in [0.2, 0.25) is 0 Å². The van der Waals surface area contributed by atoms with Crippen molar-refractivity contribution in [3.63, 3.8) is 0 Å². The Bertz CT molecular complexity index is 488. The molecule has 1 nitrogen and oxygen atoms in total. The number of benzene rings is 2. The summed E-state index contributed by atoms with van der Waals surface area (Å²) in [5.41, 5.74) is 1.35. The fourth-order valence-electron chi connectivity index (χ4n) is 2.21. The van der Waals surface area contributed by atoms with Gasteiger partial charge in [-0.2, -0.15) is 0 Å². The Morgan fingerprint density at radius 3 is 2.71 bits per heavy atom. The molecule has 0 amide bonds. The second-order valence-corrected chi connectivity index (χ2v) is 4.62. The second-order valence-electron chi connectivity index (χ2n) is 4.62. The van der Waals surface area contributed by atoms with E-state index in [1.807, 2.05) is 18.2 Å². The van der Waals surface area contributed by atoms with Crippen molar-refractivity contribution in [3.8, 4) is 5.75 Å². The van der Waals surface area contributed by atoms with Crippen LogP contribution >= 0.6 is 0 Å². The van der Waals surface area contributed by atoms with Gasteiger partial charge in [-0.3, -0.25) is 5.11 Å². The molecule has 0 bridgehead atoms. The molecule has 0 heterocycles. The third-order valence-corrected chi connectivity index (χ3v) is 3.22. The third kappa shape index (κ3) is 3.00. The molecule has 0 saturated heterocycles. The maximum Gasteiger partial charge on any atom is 0.186 e. The number of fused-ring (bicyclic) bond motifs is 1. The second kappa shape index (κ2) is 5.72. The summed E-state index contributed by atoms with van der Waals surface area (Å²) in [7, 11) is 0. The van der Waals surface area contributed by atoms with Crippen LogP contribution in [0, 0.1) is 0 Å². The van der Waals surface area contributed by atoms with Gasteiger partial charge in [-0.1, -0.05) is 56.5 Å². The van der Waals surface area contributed by atoms with Crippen LogP contribution in [-0.4, -0.2) is 0 Å². The van der Waals surface area contributed by atoms with Crippen molar-refractivity contribution in [2.45, 2.75) is 39.0 Å². The molecule has 0 aromatic heterocycles. The molecule has 0 spiro atoms. The Hall–Kier alpha value is -1.50. The molecule has 0 N–H and O–H groups in total. The number of aryl methyl sites for hydroxylation is 1. The van der Waals surface area contributed by atoms with Crippen LogP contribution in [0.1, 0.15) is 38.2 Å². The zero-order chi connectivity index (χ0) is 12.1. The number of hydrogen-bond donors (Lipinski definition) is 0. The van der Waals surface area contributed by atoms with E-state index in [-0.39, 0.29) is 5.75 Å². The van der Waals surface area contributed by atoms with Gasteiger partial charge in [-0.05, 0) is 29.9 Å². The predicted octanol–water partition coefficient (Wildman–Crippen LogP) is 5.11. The highest BCUT2D eigenvalue weighted by Gasteiger charge is 2.01. The van der Waals surface area contributed by atoms with Crippen molar-refractivity contribution < 1.29 is 5.11 Å². The summed E-state index contributed by atoms with van der Waals surface area (Å²) < 4.78 is 0. The van der Waals surface area contributed by atoms with E-state index in [4.69, 9.17) is 0 Å². The van der Waals surface area contributed by atoms with Gasteiger partial charge in [0.1, 0.15) is 0 Å². The maximum absolute atomic E-state index is 11.6. The minimum absolute atomic E-state index is 0.125. The average Bonchev–Trinajstić information content (AvgIpc) is 2.35. The van der Waals surface area contributed by atoms with E-state index in [9.17, 15) is 5.11 Å². The largest absolute Gasteiger partial charge is 0.289 e. The number of unbranched alkanes of at least 4 members (excludes halogenated alkanes) is 3. The fourth-order valence-corrected chi connectivity index (χ4v) is 2.21. The maximum atomic E-state index is 11.6. The summed E-state index contributed by atoms with van der Waals surface area (Å²) in [6, 6.07) is 11.7. The van der Waals surface area contributed by atoms with Gasteiger partial charge < -0.3 is 0 Å². The van der Waals surface area contributed by atoms with Crippen molar-refractivity contribution in [3.05, 3.63) is 42.0 Å². The van der Waals surface area contributed by atoms with Gasteiger partial charge in [-0.25, -0.2) is 0 Å². The zero-order valence-corrected chi connectivity index (χ0v) is 10.4. The van der Waals surface area contributed by atoms with E-state index < -0.39 is 0 Å². The molecule has 0 aliphatic carbocycles. The summed E-state index contributed by atoms with van der Waals surface area (Å²) in [6.07, 6.45) is 6.27. The van der Waals surface area contributed by atoms with Crippen LogP contribution in [0.25, 0.3) is 10.8 Å². The SMILES string of the molecule is CCCCCCc1ccc2c([O])cccc2c1. The molecule has 0 aliphatic heterocycles. The van der Waals surface area contributed by atoms with Crippen molar-refractivity contribution >= 4 is 10.8 Å². The Balaban J connectivity index is 2.10. The van der Waals surface area contributed by atoms with E-state index in [0.29, 0.717) is 0 Å². The molecule has 0 fully saturated rings. The molecule has 2 aromatic carbocycles. The fraction of sp³-hybridized carbons (Fsp3) is 0.375. The molecule has 0 saturated carbocycles. The first kappa shape index (κ1) is 12.0. The molecule has 2 aromatic rings. The third-order valence-electron chi connectivity index (χ3n) is 3.22. The lowest BCUT2D eigenvalue weighted by atomic mass is 10.0. The first-order chi connectivity index (χ1) is 8.31. The minimum Gasteiger partial charge on any atom is -0.289 e. The zero-order valence-electron chi connectivity index (χ0n) is 10.4. The molecule has 0 aliphatic rings. The Kier molecular flexibility index (Phi) is 4.03. The first-order valence-corrected chi connectivity index (χ1v) is 6.50. The van der Waals surface area contributed by atoms with Crippen molar-refractivity contribution in [1.82, 2.24) is 0 Å². The number of hydrogen-bond acceptors (Lipinski definition) is 0. The highest BCUT2D eigenvalue weighted by molar-refractivity contribution is 5.88. The lowest BCUT2D eigenvalue weighted by Crippen LogP contribution is -1.86. The van der Waals surface area contributed by atoms with Gasteiger partial charge >= 0.3 is 0 Å². The topological polar surface area (TPSA) is 19.9 Å². The van der Waals surface area contributed by atoms with Crippen LogP contribution in [0.15, 0.2) is 36.4 Å². The Morgan fingerprint density at radius 2 is 1.88 bits per heavy atom. The summed E-state index contributed by atoms with van der Waals surface area (Å²) >= 11 is 0. The van der Waals surface area contributed by atoms with Gasteiger partial charge in [0.25, 0.3) is 0 Å². The van der Waals surface area contributed by atoms with Gasteiger partial charge in [0.15, 0.2) is 5.75 Å². The smallest absolute Gasteiger partial charge is 0.186 e. The van der Waals surface area contributed by atoms with Gasteiger partial charge in [0, 0.05) is 5.39 Å². The highest BCUT2D eigenvalue weighted by Crippen LogP contribution is 2.26. The van der Waals surface area contributed by atoms with Gasteiger partial charge in [0.05, 0.1) is 0 Å². The predicted molar refractivity (Wildman–Crippen MR) is 71.9 cm³/mol. The highest BCUT2D eigenvalue weighted by atomic mass is 16.3. The molecule has 0 unspecified atom stereocenters. The van der Waals surface area contributed by atoms with Crippen LogP contribution in [0.3, 0.4) is 0 Å². The Morgan fingerprint density at radius 1 is 1.00 bits per heavy atom. The molecule has 17 heavy (non-hydrogen) atoms. The average molecular weight is 227 g/mol. The normalized spacial score (nSPS) is 10.9. The summed E-state index contributed by atoms with van der Waals surface area (Å²) in [6.45, 7) is 2.23. The molecule has 2 rings (SSSR count). The standard InChI is InChI=1S/C16H19O/c1-2-3-4-5-7-13-10-11-15-14(12-13)8-6-9-16(15)17/h6,8-12H,2-5,7H2,1H3. The van der Waals surface area contributed by atoms with Crippen molar-refractivity contribution in [1.29, 1.82) is 0 Å². The molecule has 89 valence electrons. The molecule has 1 radical (unpaired) electrons. The van der Waals surface area contributed by atoms with E-state index in [1.54, 1.807) is 6.07 Å². The van der Waals surface area contributed by atoms with Crippen LogP contribution in [0.2, 0.25) is 0 Å². The Labute approximate surface area is 103 Å². The van der Waals surface area contributed by atoms with E-state index in [2.05, 4.69) is 19.1 Å². The monoisotopic (exact) mass is 227 g/mol. The van der Waals surface area contributed by atoms with Crippen LogP contribution in [-0.2, 0) is 11.5 Å². The molecular formula is C16H19O. The quantitative estimate of drug-likeness (QED) is 0.633. The van der Waals surface area contributed by atoms with Crippen LogP contribution < -0.4 is 0 Å². The molecular weight excluding hydrogens is 208 g/mol. The molecule has 1 heteroatoms. The van der Waals surface area contributed by atoms with Gasteiger partial charge in [-0.15, -0.1) is 0 Å². The van der Waals surface area contributed by atoms with Crippen LogP contribution in [0.5, 0.6) is 5.75 Å². The lowest BCUT2D eigenvalue weighted by molar-refractivity contribution is 0.360. The van der Waals surface area contributed by atoms with E-state index in [1.165, 1.54) is 31.2 Å². The summed E-state index contributed by atoms with van der Waals surface area (Å²) in [5, 5.41) is 13.5. The van der Waals surface area contributed by atoms with Crippen molar-refractivity contribution in [2.75, 3.05) is 0 Å². The minimum atomic E-state index is 0.125. The van der Waals surface area contributed by atoms with Crippen molar-refractivity contribution in [2.24, 2.45) is 0 Å². The number of rotatable bonds is 5. The van der Waals surface area contributed by atoms with E-state index in [0.717, 1.165) is 17.2 Å². The van der Waals surface area contributed by atoms with E-state index >= 15 is 0 Å². The first-order valence-electron chi connectivity index (χ1n) is 6.50. The van der Waals surface area contributed by atoms with Crippen LogP contribution in [0.4, 0.5) is 0 Å². The molecule has 0 atom stereocenters. The summed E-state index contributed by atoms with van der Waals surface area (Å²) in [4.78, 5) is 0. The lowest BCUT2D eigenvalue weighted by Gasteiger charge is -2.04.